The molecule has 1 atom stereocenters. The van der Waals surface area contributed by atoms with Crippen LogP contribution in [0.2, 0.25) is 0 Å². The monoisotopic (exact) mass is 233 g/mol. The van der Waals surface area contributed by atoms with Crippen molar-refractivity contribution in [2.75, 3.05) is 6.54 Å². The van der Waals surface area contributed by atoms with Crippen LogP contribution in [0.1, 0.15) is 31.7 Å². The van der Waals surface area contributed by atoms with Gasteiger partial charge >= 0.3 is 0 Å². The fraction of sp³-hybridized carbons (Fsp3) is 0.500. The van der Waals surface area contributed by atoms with E-state index in [-0.39, 0.29) is 11.3 Å². The lowest BCUT2D eigenvalue weighted by atomic mass is 9.95. The highest BCUT2D eigenvalue weighted by atomic mass is 16.3. The van der Waals surface area contributed by atoms with E-state index in [1.807, 2.05) is 37.3 Å². The average Bonchev–Trinajstić information content (AvgIpc) is 3.18. The molecule has 2 N–H and O–H groups in total. The van der Waals surface area contributed by atoms with Crippen LogP contribution in [0, 0.1) is 0 Å². The number of aliphatic hydroxyl groups is 1. The number of amides is 1. The van der Waals surface area contributed by atoms with Crippen LogP contribution in [0.25, 0.3) is 0 Å². The van der Waals surface area contributed by atoms with Crippen LogP contribution >= 0.6 is 0 Å². The molecule has 3 nitrogen and oxygen atoms in total. The van der Waals surface area contributed by atoms with Gasteiger partial charge in [0.1, 0.15) is 0 Å². The molecule has 1 aliphatic carbocycles. The van der Waals surface area contributed by atoms with Crippen molar-refractivity contribution < 1.29 is 9.90 Å². The lowest BCUT2D eigenvalue weighted by Gasteiger charge is -2.17. The highest BCUT2D eigenvalue weighted by Gasteiger charge is 2.50. The van der Waals surface area contributed by atoms with Gasteiger partial charge in [-0.3, -0.25) is 4.79 Å². The van der Waals surface area contributed by atoms with Gasteiger partial charge in [-0.25, -0.2) is 0 Å². The predicted molar refractivity (Wildman–Crippen MR) is 66.7 cm³/mol. The molecule has 1 fully saturated rings. The van der Waals surface area contributed by atoms with Crippen molar-refractivity contribution in [3.05, 3.63) is 35.9 Å². The Morgan fingerprint density at radius 2 is 2.06 bits per heavy atom. The first-order valence-electron chi connectivity index (χ1n) is 6.21. The van der Waals surface area contributed by atoms with Crippen LogP contribution < -0.4 is 5.32 Å². The van der Waals surface area contributed by atoms with E-state index in [4.69, 9.17) is 0 Å². The first kappa shape index (κ1) is 12.1. The summed E-state index contributed by atoms with van der Waals surface area (Å²) in [5.41, 5.74) is 0.762. The van der Waals surface area contributed by atoms with Gasteiger partial charge in [-0.05, 0) is 24.8 Å². The number of hydrogen-bond acceptors (Lipinski definition) is 2. The van der Waals surface area contributed by atoms with Gasteiger partial charge in [0.2, 0.25) is 5.91 Å². The summed E-state index contributed by atoms with van der Waals surface area (Å²) in [6.45, 7) is 2.25. The van der Waals surface area contributed by atoms with Crippen molar-refractivity contribution in [1.82, 2.24) is 5.32 Å². The molecular formula is C14H19NO2. The maximum Gasteiger partial charge on any atom is 0.230 e. The van der Waals surface area contributed by atoms with E-state index in [0.717, 1.165) is 18.4 Å². The fourth-order valence-corrected chi connectivity index (χ4v) is 2.05. The summed E-state index contributed by atoms with van der Waals surface area (Å²) < 4.78 is 0. The molecule has 1 aliphatic rings. The largest absolute Gasteiger partial charge is 0.391 e. The van der Waals surface area contributed by atoms with Gasteiger partial charge in [-0.1, -0.05) is 37.3 Å². The third-order valence-electron chi connectivity index (χ3n) is 3.48. The molecule has 1 aromatic carbocycles. The molecule has 92 valence electrons. The van der Waals surface area contributed by atoms with Gasteiger partial charge in [-0.15, -0.1) is 0 Å². The van der Waals surface area contributed by atoms with Crippen LogP contribution in [0.4, 0.5) is 0 Å². The molecule has 0 aromatic heterocycles. The van der Waals surface area contributed by atoms with Gasteiger partial charge in [0.25, 0.3) is 0 Å². The lowest BCUT2D eigenvalue weighted by molar-refractivity contribution is -0.124. The predicted octanol–water partition coefficient (Wildman–Crippen LogP) is 1.61. The van der Waals surface area contributed by atoms with Crippen molar-refractivity contribution in [2.45, 2.75) is 37.7 Å². The number of benzene rings is 1. The first-order chi connectivity index (χ1) is 8.19. The normalized spacial score (nSPS) is 18.5. The molecule has 1 aromatic rings. The van der Waals surface area contributed by atoms with Crippen LogP contribution in [-0.2, 0) is 10.2 Å². The minimum absolute atomic E-state index is 0.0520. The van der Waals surface area contributed by atoms with E-state index in [9.17, 15) is 9.90 Å². The van der Waals surface area contributed by atoms with E-state index < -0.39 is 6.10 Å². The van der Waals surface area contributed by atoms with Gasteiger partial charge in [-0.2, -0.15) is 0 Å². The molecule has 17 heavy (non-hydrogen) atoms. The number of nitrogens with one attached hydrogen (secondary N) is 1. The number of rotatable bonds is 5. The Bertz CT molecular complexity index is 384. The lowest BCUT2D eigenvalue weighted by Crippen LogP contribution is -2.39. The molecule has 0 saturated heterocycles. The molecule has 1 saturated carbocycles. The zero-order valence-electron chi connectivity index (χ0n) is 10.1. The van der Waals surface area contributed by atoms with Crippen molar-refractivity contribution >= 4 is 5.91 Å². The summed E-state index contributed by atoms with van der Waals surface area (Å²) in [6, 6.07) is 9.89. The Labute approximate surface area is 102 Å². The minimum Gasteiger partial charge on any atom is -0.391 e. The summed E-state index contributed by atoms with van der Waals surface area (Å²) in [5, 5.41) is 12.3. The molecule has 2 rings (SSSR count). The third kappa shape index (κ3) is 2.50. The standard InChI is InChI=1S/C14H19NO2/c1-2-12(16)10-15-13(17)14(8-9-14)11-6-4-3-5-7-11/h3-7,12,16H,2,8-10H2,1H3,(H,15,17). The highest BCUT2D eigenvalue weighted by Crippen LogP contribution is 2.48. The summed E-state index contributed by atoms with van der Waals surface area (Å²) >= 11 is 0. The summed E-state index contributed by atoms with van der Waals surface area (Å²) in [7, 11) is 0. The molecule has 0 heterocycles. The van der Waals surface area contributed by atoms with E-state index in [2.05, 4.69) is 5.32 Å². The molecule has 0 spiro atoms. The van der Waals surface area contributed by atoms with Gasteiger partial charge < -0.3 is 10.4 Å². The molecule has 0 bridgehead atoms. The summed E-state index contributed by atoms with van der Waals surface area (Å²) in [4.78, 5) is 12.1. The second-order valence-corrected chi connectivity index (χ2v) is 4.72. The SMILES string of the molecule is CCC(O)CNC(=O)C1(c2ccccc2)CC1. The maximum atomic E-state index is 12.1. The molecule has 3 heteroatoms. The van der Waals surface area contributed by atoms with Crippen molar-refractivity contribution in [2.24, 2.45) is 0 Å². The molecule has 1 unspecified atom stereocenters. The Kier molecular flexibility index (Phi) is 3.48. The first-order valence-corrected chi connectivity index (χ1v) is 6.21. The second kappa shape index (κ2) is 4.88. The van der Waals surface area contributed by atoms with E-state index >= 15 is 0 Å². The Balaban J connectivity index is 2.00. The fourth-order valence-electron chi connectivity index (χ4n) is 2.05. The van der Waals surface area contributed by atoms with E-state index in [1.165, 1.54) is 0 Å². The third-order valence-corrected chi connectivity index (χ3v) is 3.48. The highest BCUT2D eigenvalue weighted by molar-refractivity contribution is 5.91. The smallest absolute Gasteiger partial charge is 0.230 e. The molecule has 1 amide bonds. The molecule has 0 aliphatic heterocycles. The van der Waals surface area contributed by atoms with E-state index in [1.54, 1.807) is 0 Å². The number of carbonyl (C=O) groups excluding carboxylic acids is 1. The molecular weight excluding hydrogens is 214 g/mol. The summed E-state index contributed by atoms with van der Waals surface area (Å²) in [5.74, 6) is 0.0520. The minimum atomic E-state index is -0.439. The summed E-state index contributed by atoms with van der Waals surface area (Å²) in [6.07, 6.45) is 2.04. The Morgan fingerprint density at radius 1 is 1.41 bits per heavy atom. The number of hydrogen-bond donors (Lipinski definition) is 2. The second-order valence-electron chi connectivity index (χ2n) is 4.72. The maximum absolute atomic E-state index is 12.1. The Hall–Kier alpha value is -1.35. The number of carbonyl (C=O) groups is 1. The van der Waals surface area contributed by atoms with Crippen molar-refractivity contribution in [3.63, 3.8) is 0 Å². The average molecular weight is 233 g/mol. The van der Waals surface area contributed by atoms with E-state index in [0.29, 0.717) is 13.0 Å². The zero-order chi connectivity index (χ0) is 12.3. The van der Waals surface area contributed by atoms with Crippen LogP contribution in [-0.4, -0.2) is 23.7 Å². The van der Waals surface area contributed by atoms with Crippen molar-refractivity contribution in [3.8, 4) is 0 Å². The zero-order valence-corrected chi connectivity index (χ0v) is 10.1. The van der Waals surface area contributed by atoms with Crippen LogP contribution in [0.5, 0.6) is 0 Å². The van der Waals surface area contributed by atoms with Crippen LogP contribution in [0.3, 0.4) is 0 Å². The van der Waals surface area contributed by atoms with Crippen molar-refractivity contribution in [1.29, 1.82) is 0 Å². The Morgan fingerprint density at radius 3 is 2.59 bits per heavy atom. The van der Waals surface area contributed by atoms with Crippen LogP contribution in [0.15, 0.2) is 30.3 Å². The van der Waals surface area contributed by atoms with Gasteiger partial charge in [0.05, 0.1) is 11.5 Å². The topological polar surface area (TPSA) is 49.3 Å². The molecule has 0 radical (unpaired) electrons. The quantitative estimate of drug-likeness (QED) is 0.811. The van der Waals surface area contributed by atoms with Gasteiger partial charge in [0.15, 0.2) is 0 Å². The number of aliphatic hydroxyl groups excluding tert-OH is 1. The van der Waals surface area contributed by atoms with Gasteiger partial charge in [0, 0.05) is 6.54 Å².